The molecular formula is C16H16ClNSi. The molecule has 1 aromatic carbocycles. The minimum absolute atomic E-state index is 0.745. The third-order valence-electron chi connectivity index (χ3n) is 2.51. The van der Waals surface area contributed by atoms with Gasteiger partial charge in [0.05, 0.1) is 0 Å². The summed E-state index contributed by atoms with van der Waals surface area (Å²) in [5.41, 5.74) is 6.34. The van der Waals surface area contributed by atoms with Crippen molar-refractivity contribution >= 4 is 19.7 Å². The van der Waals surface area contributed by atoms with Gasteiger partial charge in [-0.1, -0.05) is 55.4 Å². The van der Waals surface area contributed by atoms with Crippen molar-refractivity contribution in [2.24, 2.45) is 0 Å². The molecule has 0 saturated carbocycles. The van der Waals surface area contributed by atoms with Gasteiger partial charge in [-0.3, -0.25) is 0 Å². The molecule has 0 aliphatic carbocycles. The molecule has 3 heteroatoms. The molecule has 1 nitrogen and oxygen atoms in total. The maximum atomic E-state index is 5.88. The van der Waals surface area contributed by atoms with E-state index in [9.17, 15) is 0 Å². The maximum absolute atomic E-state index is 5.88. The van der Waals surface area contributed by atoms with Crippen LogP contribution in [0.25, 0.3) is 11.1 Å². The lowest BCUT2D eigenvalue weighted by molar-refractivity contribution is 1.29. The van der Waals surface area contributed by atoms with Crippen LogP contribution >= 0.6 is 11.6 Å². The minimum Gasteiger partial charge on any atom is -0.247 e. The second-order valence-corrected chi connectivity index (χ2v) is 10.6. The quantitative estimate of drug-likeness (QED) is 0.550. The van der Waals surface area contributed by atoms with Gasteiger partial charge in [0.15, 0.2) is 0 Å². The lowest BCUT2D eigenvalue weighted by atomic mass is 10.1. The third-order valence-corrected chi connectivity index (χ3v) is 3.63. The molecule has 0 bridgehead atoms. The fourth-order valence-corrected chi connectivity index (χ4v) is 2.16. The van der Waals surface area contributed by atoms with Crippen LogP contribution in [0.3, 0.4) is 0 Å². The zero-order valence-electron chi connectivity index (χ0n) is 11.4. The molecule has 1 aromatic heterocycles. The smallest absolute Gasteiger partial charge is 0.129 e. The number of hydrogen-bond acceptors (Lipinski definition) is 1. The highest BCUT2D eigenvalue weighted by molar-refractivity contribution is 6.83. The number of pyridine rings is 1. The van der Waals surface area contributed by atoms with E-state index >= 15 is 0 Å². The van der Waals surface area contributed by atoms with E-state index in [1.54, 1.807) is 0 Å². The van der Waals surface area contributed by atoms with Crippen LogP contribution in [-0.2, 0) is 0 Å². The molecule has 0 radical (unpaired) electrons. The van der Waals surface area contributed by atoms with Gasteiger partial charge in [0.2, 0.25) is 0 Å². The molecule has 0 aliphatic rings. The van der Waals surface area contributed by atoms with Crippen molar-refractivity contribution < 1.29 is 0 Å². The van der Waals surface area contributed by atoms with Crippen LogP contribution in [0.1, 0.15) is 5.69 Å². The van der Waals surface area contributed by atoms with E-state index in [1.165, 1.54) is 0 Å². The first-order valence-corrected chi connectivity index (χ1v) is 10.1. The molecule has 0 fully saturated rings. The Kier molecular flexibility index (Phi) is 4.09. The Morgan fingerprint density at radius 3 is 2.11 bits per heavy atom. The Morgan fingerprint density at radius 1 is 0.947 bits per heavy atom. The van der Waals surface area contributed by atoms with Crippen LogP contribution < -0.4 is 0 Å². The van der Waals surface area contributed by atoms with E-state index in [0.717, 1.165) is 21.8 Å². The molecule has 1 heterocycles. The van der Waals surface area contributed by atoms with Gasteiger partial charge in [-0.2, -0.15) is 0 Å². The minimum atomic E-state index is -1.34. The van der Waals surface area contributed by atoms with Gasteiger partial charge >= 0.3 is 0 Å². The summed E-state index contributed by atoms with van der Waals surface area (Å²) in [5.74, 6) is 3.15. The normalized spacial score (nSPS) is 10.7. The van der Waals surface area contributed by atoms with Gasteiger partial charge < -0.3 is 0 Å². The highest BCUT2D eigenvalue weighted by Gasteiger charge is 2.07. The predicted octanol–water partition coefficient (Wildman–Crippen LogP) is 4.63. The van der Waals surface area contributed by atoms with Crippen LogP contribution in [0.15, 0.2) is 42.6 Å². The zero-order chi connectivity index (χ0) is 13.9. The fraction of sp³-hybridized carbons (Fsp3) is 0.188. The fourth-order valence-electron chi connectivity index (χ4n) is 1.53. The number of hydrogen-bond donors (Lipinski definition) is 0. The van der Waals surface area contributed by atoms with Crippen LogP contribution in [0.4, 0.5) is 0 Å². The molecule has 19 heavy (non-hydrogen) atoms. The average molecular weight is 286 g/mol. The molecule has 0 spiro atoms. The van der Waals surface area contributed by atoms with Gasteiger partial charge in [0.25, 0.3) is 0 Å². The number of benzene rings is 1. The van der Waals surface area contributed by atoms with E-state index in [4.69, 9.17) is 11.6 Å². The van der Waals surface area contributed by atoms with Crippen molar-refractivity contribution in [1.29, 1.82) is 0 Å². The van der Waals surface area contributed by atoms with Crippen LogP contribution in [0.5, 0.6) is 0 Å². The van der Waals surface area contributed by atoms with E-state index in [2.05, 4.69) is 36.1 Å². The number of rotatable bonds is 1. The highest BCUT2D eigenvalue weighted by Crippen LogP contribution is 2.20. The molecule has 0 saturated heterocycles. The second-order valence-electron chi connectivity index (χ2n) is 5.44. The Bertz CT molecular complexity index is 613. The molecule has 0 unspecified atom stereocenters. The summed E-state index contributed by atoms with van der Waals surface area (Å²) in [4.78, 5) is 4.40. The number of aromatic nitrogens is 1. The number of nitrogens with zero attached hydrogens (tertiary/aromatic N) is 1. The largest absolute Gasteiger partial charge is 0.247 e. The first-order valence-electron chi connectivity index (χ1n) is 6.19. The second kappa shape index (κ2) is 5.60. The highest BCUT2D eigenvalue weighted by atomic mass is 35.5. The lowest BCUT2D eigenvalue weighted by Crippen LogP contribution is -2.16. The SMILES string of the molecule is C[Si](C)(C)C#Cc1ccc(-c2ccc(Cl)cc2)cn1. The molecular weight excluding hydrogens is 270 g/mol. The Labute approximate surface area is 120 Å². The van der Waals surface area contributed by atoms with E-state index < -0.39 is 8.07 Å². The third kappa shape index (κ3) is 4.24. The van der Waals surface area contributed by atoms with Crippen molar-refractivity contribution in [3.05, 3.63) is 53.3 Å². The molecule has 2 rings (SSSR count). The summed E-state index contributed by atoms with van der Waals surface area (Å²) in [6.45, 7) is 6.67. The van der Waals surface area contributed by atoms with Crippen molar-refractivity contribution in [1.82, 2.24) is 4.98 Å². The number of halogens is 1. The van der Waals surface area contributed by atoms with Crippen LogP contribution in [0, 0.1) is 11.5 Å². The maximum Gasteiger partial charge on any atom is 0.129 e. The standard InChI is InChI=1S/C16H16ClNSi/c1-19(2,3)11-10-16-9-6-14(12-18-16)13-4-7-15(17)8-5-13/h4-9,12H,1-3H3. The topological polar surface area (TPSA) is 12.9 Å². The Hall–Kier alpha value is -1.56. The van der Waals surface area contributed by atoms with Crippen molar-refractivity contribution in [3.8, 4) is 22.6 Å². The van der Waals surface area contributed by atoms with Gasteiger partial charge in [0.1, 0.15) is 13.8 Å². The van der Waals surface area contributed by atoms with Gasteiger partial charge in [-0.15, -0.1) is 5.54 Å². The van der Waals surface area contributed by atoms with Crippen molar-refractivity contribution in [3.63, 3.8) is 0 Å². The lowest BCUT2D eigenvalue weighted by Gasteiger charge is -2.04. The van der Waals surface area contributed by atoms with Crippen LogP contribution in [0.2, 0.25) is 24.7 Å². The van der Waals surface area contributed by atoms with Crippen molar-refractivity contribution in [2.45, 2.75) is 19.6 Å². The predicted molar refractivity (Wildman–Crippen MR) is 84.9 cm³/mol. The van der Waals surface area contributed by atoms with Crippen LogP contribution in [-0.4, -0.2) is 13.1 Å². The van der Waals surface area contributed by atoms with E-state index in [1.807, 2.05) is 42.6 Å². The molecule has 0 N–H and O–H groups in total. The summed E-state index contributed by atoms with van der Waals surface area (Å²) in [6.07, 6.45) is 1.86. The summed E-state index contributed by atoms with van der Waals surface area (Å²) in [5, 5.41) is 0.745. The molecule has 2 aromatic rings. The summed E-state index contributed by atoms with van der Waals surface area (Å²) < 4.78 is 0. The van der Waals surface area contributed by atoms with Gasteiger partial charge in [-0.25, -0.2) is 4.98 Å². The van der Waals surface area contributed by atoms with E-state index in [-0.39, 0.29) is 0 Å². The van der Waals surface area contributed by atoms with Gasteiger partial charge in [0, 0.05) is 16.8 Å². The first-order chi connectivity index (χ1) is 8.94. The Morgan fingerprint density at radius 2 is 1.58 bits per heavy atom. The zero-order valence-corrected chi connectivity index (χ0v) is 13.1. The molecule has 0 aliphatic heterocycles. The monoisotopic (exact) mass is 285 g/mol. The average Bonchev–Trinajstić information content (AvgIpc) is 2.37. The summed E-state index contributed by atoms with van der Waals surface area (Å²) in [6, 6.07) is 11.8. The molecule has 0 atom stereocenters. The van der Waals surface area contributed by atoms with Crippen molar-refractivity contribution in [2.75, 3.05) is 0 Å². The molecule has 0 amide bonds. The summed E-state index contributed by atoms with van der Waals surface area (Å²) in [7, 11) is -1.34. The first kappa shape index (κ1) is 13.9. The summed E-state index contributed by atoms with van der Waals surface area (Å²) >= 11 is 5.88. The Balaban J connectivity index is 2.23. The van der Waals surface area contributed by atoms with E-state index in [0.29, 0.717) is 0 Å². The molecule has 96 valence electrons. The van der Waals surface area contributed by atoms with Gasteiger partial charge in [-0.05, 0) is 23.8 Å².